The average Bonchev–Trinajstić information content (AvgIpc) is 3.51. The summed E-state index contributed by atoms with van der Waals surface area (Å²) in [6, 6.07) is 13.6. The molecule has 0 atom stereocenters. The van der Waals surface area contributed by atoms with Gasteiger partial charge in [0.05, 0.1) is 0 Å². The van der Waals surface area contributed by atoms with E-state index in [9.17, 15) is 9.18 Å². The number of rotatable bonds is 6. The van der Waals surface area contributed by atoms with E-state index >= 15 is 0 Å². The van der Waals surface area contributed by atoms with Crippen LogP contribution in [0, 0.1) is 5.82 Å². The zero-order valence-electron chi connectivity index (χ0n) is 16.1. The number of benzene rings is 2. The van der Waals surface area contributed by atoms with E-state index in [0.29, 0.717) is 28.7 Å². The topological polar surface area (TPSA) is 69.7 Å². The highest BCUT2D eigenvalue weighted by Gasteiger charge is 2.24. The third-order valence-corrected chi connectivity index (χ3v) is 5.14. The van der Waals surface area contributed by atoms with Crippen molar-refractivity contribution < 1.29 is 23.4 Å². The number of hydrogen-bond acceptors (Lipinski definition) is 5. The van der Waals surface area contributed by atoms with Crippen LogP contribution < -0.4 is 19.5 Å². The van der Waals surface area contributed by atoms with Gasteiger partial charge in [0.1, 0.15) is 17.1 Å². The van der Waals surface area contributed by atoms with Crippen LogP contribution in [0.2, 0.25) is 0 Å². The first-order valence-electron chi connectivity index (χ1n) is 9.76. The summed E-state index contributed by atoms with van der Waals surface area (Å²) < 4.78 is 30.8. The van der Waals surface area contributed by atoms with Crippen molar-refractivity contribution in [1.29, 1.82) is 0 Å². The highest BCUT2D eigenvalue weighted by molar-refractivity contribution is 5.96. The second-order valence-electron chi connectivity index (χ2n) is 7.28. The highest BCUT2D eigenvalue weighted by atomic mass is 19.1. The number of carbonyl (C=O) groups is 1. The molecule has 0 radical (unpaired) electrons. The minimum Gasteiger partial charge on any atom is -0.454 e. The molecule has 152 valence electrons. The summed E-state index contributed by atoms with van der Waals surface area (Å²) in [7, 11) is 0. The van der Waals surface area contributed by atoms with E-state index in [-0.39, 0.29) is 30.6 Å². The Morgan fingerprint density at radius 1 is 1.13 bits per heavy atom. The van der Waals surface area contributed by atoms with E-state index in [1.165, 1.54) is 6.20 Å². The van der Waals surface area contributed by atoms with E-state index in [4.69, 9.17) is 14.2 Å². The van der Waals surface area contributed by atoms with Crippen LogP contribution in [-0.4, -0.2) is 17.7 Å². The van der Waals surface area contributed by atoms with Crippen LogP contribution >= 0.6 is 0 Å². The molecule has 1 amide bonds. The summed E-state index contributed by atoms with van der Waals surface area (Å²) in [5.74, 6) is 1.60. The van der Waals surface area contributed by atoms with E-state index < -0.39 is 5.91 Å². The van der Waals surface area contributed by atoms with Gasteiger partial charge in [0.2, 0.25) is 12.7 Å². The zero-order chi connectivity index (χ0) is 20.5. The van der Waals surface area contributed by atoms with Crippen molar-refractivity contribution in [1.82, 2.24) is 10.3 Å². The zero-order valence-corrected chi connectivity index (χ0v) is 16.1. The van der Waals surface area contributed by atoms with Crippen molar-refractivity contribution in [3.05, 3.63) is 77.2 Å². The number of amides is 1. The molecule has 0 spiro atoms. The lowest BCUT2D eigenvalue weighted by Gasteiger charge is -2.11. The van der Waals surface area contributed by atoms with E-state index in [0.717, 1.165) is 18.4 Å². The molecule has 3 aromatic rings. The standard InChI is InChI=1S/C23H19FN2O4/c24-19-10-15(14-3-4-14)5-6-16(19)12-26-22(27)18-2-1-9-25-23(18)30-17-7-8-20-21(11-17)29-13-28-20/h1-2,5-11,14H,3-4,12-13H2,(H,26,27). The Hall–Kier alpha value is -3.61. The van der Waals surface area contributed by atoms with Gasteiger partial charge in [-0.2, -0.15) is 0 Å². The lowest BCUT2D eigenvalue weighted by atomic mass is 10.1. The number of nitrogens with one attached hydrogen (secondary N) is 1. The minimum absolute atomic E-state index is 0.0774. The van der Waals surface area contributed by atoms with Crippen molar-refractivity contribution in [2.45, 2.75) is 25.3 Å². The highest BCUT2D eigenvalue weighted by Crippen LogP contribution is 2.40. The molecule has 7 heteroatoms. The van der Waals surface area contributed by atoms with Gasteiger partial charge in [-0.1, -0.05) is 12.1 Å². The lowest BCUT2D eigenvalue weighted by molar-refractivity contribution is 0.0947. The molecule has 1 aliphatic heterocycles. The number of nitrogens with zero attached hydrogens (tertiary/aromatic N) is 1. The number of hydrogen-bond donors (Lipinski definition) is 1. The molecule has 1 aromatic heterocycles. The maximum atomic E-state index is 14.4. The molecule has 30 heavy (non-hydrogen) atoms. The van der Waals surface area contributed by atoms with Crippen molar-refractivity contribution in [3.8, 4) is 23.1 Å². The monoisotopic (exact) mass is 406 g/mol. The Bertz CT molecular complexity index is 1110. The predicted molar refractivity (Wildman–Crippen MR) is 106 cm³/mol. The van der Waals surface area contributed by atoms with Crippen LogP contribution in [-0.2, 0) is 6.54 Å². The molecular weight excluding hydrogens is 387 g/mol. The van der Waals surface area contributed by atoms with Crippen molar-refractivity contribution in [2.75, 3.05) is 6.79 Å². The Labute approximate surface area is 172 Å². The first-order chi connectivity index (χ1) is 14.7. The quantitative estimate of drug-likeness (QED) is 0.650. The SMILES string of the molecule is O=C(NCc1ccc(C2CC2)cc1F)c1cccnc1Oc1ccc2c(c1)OCO2. The summed E-state index contributed by atoms with van der Waals surface area (Å²) in [6.07, 6.45) is 3.76. The molecule has 0 unspecified atom stereocenters. The van der Waals surface area contributed by atoms with Gasteiger partial charge in [-0.25, -0.2) is 9.37 Å². The Kier molecular flexibility index (Phi) is 4.71. The molecular formula is C23H19FN2O4. The largest absolute Gasteiger partial charge is 0.454 e. The van der Waals surface area contributed by atoms with Crippen LogP contribution in [0.1, 0.15) is 40.2 Å². The van der Waals surface area contributed by atoms with Crippen molar-refractivity contribution in [2.24, 2.45) is 0 Å². The van der Waals surface area contributed by atoms with Crippen molar-refractivity contribution >= 4 is 5.91 Å². The van der Waals surface area contributed by atoms with Gasteiger partial charge < -0.3 is 19.5 Å². The molecule has 1 N–H and O–H groups in total. The van der Waals surface area contributed by atoms with E-state index in [2.05, 4.69) is 10.3 Å². The van der Waals surface area contributed by atoms with Gasteiger partial charge in [0.15, 0.2) is 11.5 Å². The first-order valence-corrected chi connectivity index (χ1v) is 9.76. The van der Waals surface area contributed by atoms with E-state index in [1.54, 1.807) is 42.5 Å². The number of fused-ring (bicyclic) bond motifs is 1. The molecule has 1 saturated carbocycles. The predicted octanol–water partition coefficient (Wildman–Crippen LogP) is 4.55. The molecule has 6 nitrogen and oxygen atoms in total. The molecule has 2 heterocycles. The third-order valence-electron chi connectivity index (χ3n) is 5.14. The number of aromatic nitrogens is 1. The van der Waals surface area contributed by atoms with Crippen LogP contribution in [0.5, 0.6) is 23.1 Å². The number of pyridine rings is 1. The Morgan fingerprint density at radius 3 is 2.83 bits per heavy atom. The van der Waals surface area contributed by atoms with Gasteiger partial charge in [0.25, 0.3) is 5.91 Å². The fourth-order valence-electron chi connectivity index (χ4n) is 3.35. The molecule has 2 aliphatic rings. The summed E-state index contributed by atoms with van der Waals surface area (Å²) in [5, 5.41) is 2.74. The number of carbonyl (C=O) groups excluding carboxylic acids is 1. The Morgan fingerprint density at radius 2 is 2.00 bits per heavy atom. The third kappa shape index (κ3) is 3.78. The summed E-state index contributed by atoms with van der Waals surface area (Å²) in [4.78, 5) is 16.9. The van der Waals surface area contributed by atoms with Gasteiger partial charge in [-0.3, -0.25) is 4.79 Å². The molecule has 2 aromatic carbocycles. The fourth-order valence-corrected chi connectivity index (χ4v) is 3.35. The van der Waals surface area contributed by atoms with Crippen LogP contribution in [0.25, 0.3) is 0 Å². The molecule has 1 aliphatic carbocycles. The van der Waals surface area contributed by atoms with Gasteiger partial charge in [-0.05, 0) is 54.7 Å². The average molecular weight is 406 g/mol. The fraction of sp³-hybridized carbons (Fsp3) is 0.217. The van der Waals surface area contributed by atoms with Crippen LogP contribution in [0.15, 0.2) is 54.7 Å². The molecule has 5 rings (SSSR count). The van der Waals surface area contributed by atoms with Gasteiger partial charge >= 0.3 is 0 Å². The smallest absolute Gasteiger partial charge is 0.257 e. The second kappa shape index (κ2) is 7.67. The van der Waals surface area contributed by atoms with Crippen LogP contribution in [0.4, 0.5) is 4.39 Å². The number of halogens is 1. The maximum absolute atomic E-state index is 14.4. The minimum atomic E-state index is -0.399. The van der Waals surface area contributed by atoms with E-state index in [1.807, 2.05) is 6.07 Å². The summed E-state index contributed by atoms with van der Waals surface area (Å²) in [6.45, 7) is 0.238. The first kappa shape index (κ1) is 18.4. The Balaban J connectivity index is 1.29. The number of ether oxygens (including phenoxy) is 3. The van der Waals surface area contributed by atoms with Gasteiger partial charge in [0, 0.05) is 24.4 Å². The molecule has 0 bridgehead atoms. The molecule has 1 fully saturated rings. The lowest BCUT2D eigenvalue weighted by Crippen LogP contribution is -2.24. The molecule has 0 saturated heterocycles. The normalized spacial score (nSPS) is 14.4. The second-order valence-corrected chi connectivity index (χ2v) is 7.28. The summed E-state index contributed by atoms with van der Waals surface area (Å²) >= 11 is 0. The maximum Gasteiger partial charge on any atom is 0.257 e. The van der Waals surface area contributed by atoms with Gasteiger partial charge in [-0.15, -0.1) is 0 Å². The van der Waals surface area contributed by atoms with Crippen LogP contribution in [0.3, 0.4) is 0 Å². The van der Waals surface area contributed by atoms with Crippen molar-refractivity contribution in [3.63, 3.8) is 0 Å². The summed E-state index contributed by atoms with van der Waals surface area (Å²) in [5.41, 5.74) is 1.72.